The largest absolute Gasteiger partial charge is 0.490 e. The maximum atomic E-state index is 12.9. The highest BCUT2D eigenvalue weighted by molar-refractivity contribution is 5.52. The second-order valence-electron chi connectivity index (χ2n) is 4.25. The highest BCUT2D eigenvalue weighted by Crippen LogP contribution is 2.57. The van der Waals surface area contributed by atoms with Crippen molar-refractivity contribution in [1.29, 1.82) is 0 Å². The molecule has 1 aromatic rings. The molecule has 2 nitrogen and oxygen atoms in total. The van der Waals surface area contributed by atoms with E-state index < -0.39 is 24.0 Å². The smallest absolute Gasteiger partial charge is 0.397 e. The molecule has 94 valence electrons. The number of nitrogens with two attached hydrogens (primary N) is 1. The molecule has 17 heavy (non-hydrogen) atoms. The fourth-order valence-electron chi connectivity index (χ4n) is 1.51. The van der Waals surface area contributed by atoms with Gasteiger partial charge in [-0.25, -0.2) is 4.39 Å². The van der Waals surface area contributed by atoms with E-state index >= 15 is 0 Å². The molecular weight excluding hydrogens is 238 g/mol. The molecule has 6 heteroatoms. The van der Waals surface area contributed by atoms with Crippen molar-refractivity contribution in [3.8, 4) is 5.75 Å². The summed E-state index contributed by atoms with van der Waals surface area (Å²) < 4.78 is 55.6. The third-order valence-electron chi connectivity index (χ3n) is 2.93. The van der Waals surface area contributed by atoms with E-state index in [-0.39, 0.29) is 24.3 Å². The summed E-state index contributed by atoms with van der Waals surface area (Å²) in [5.41, 5.74) is 3.83. The lowest BCUT2D eigenvalue weighted by Crippen LogP contribution is -2.30. The Balaban J connectivity index is 2.06. The summed E-state index contributed by atoms with van der Waals surface area (Å²) >= 11 is 0. The third kappa shape index (κ3) is 2.30. The summed E-state index contributed by atoms with van der Waals surface area (Å²) in [4.78, 5) is 0. The number of alkyl halides is 3. The van der Waals surface area contributed by atoms with E-state index in [1.165, 1.54) is 6.07 Å². The molecule has 0 bridgehead atoms. The molecule has 0 atom stereocenters. The normalized spacial score (nSPS) is 17.9. The first-order chi connectivity index (χ1) is 7.84. The molecule has 2 rings (SSSR count). The Kier molecular flexibility index (Phi) is 2.67. The van der Waals surface area contributed by atoms with Crippen molar-refractivity contribution in [1.82, 2.24) is 0 Å². The van der Waals surface area contributed by atoms with Crippen LogP contribution in [0.3, 0.4) is 0 Å². The first kappa shape index (κ1) is 12.0. The average Bonchev–Trinajstić information content (AvgIpc) is 2.99. The number of hydrogen-bond acceptors (Lipinski definition) is 2. The highest BCUT2D eigenvalue weighted by atomic mass is 19.4. The number of anilines is 1. The lowest BCUT2D eigenvalue weighted by Gasteiger charge is -2.20. The Morgan fingerprint density at radius 1 is 1.29 bits per heavy atom. The lowest BCUT2D eigenvalue weighted by molar-refractivity contribution is -0.194. The van der Waals surface area contributed by atoms with Crippen molar-refractivity contribution >= 4 is 5.69 Å². The maximum Gasteiger partial charge on any atom is 0.397 e. The van der Waals surface area contributed by atoms with Gasteiger partial charge in [0.1, 0.15) is 23.6 Å². The minimum Gasteiger partial charge on any atom is -0.490 e. The topological polar surface area (TPSA) is 35.2 Å². The Hall–Kier alpha value is -1.46. The van der Waals surface area contributed by atoms with Gasteiger partial charge in [0.15, 0.2) is 0 Å². The fourth-order valence-corrected chi connectivity index (χ4v) is 1.51. The van der Waals surface area contributed by atoms with E-state index in [0.717, 1.165) is 12.1 Å². The van der Waals surface area contributed by atoms with Gasteiger partial charge in [-0.2, -0.15) is 13.2 Å². The molecule has 1 aliphatic carbocycles. The molecule has 1 fully saturated rings. The average molecular weight is 249 g/mol. The van der Waals surface area contributed by atoms with Crippen LogP contribution in [0.15, 0.2) is 18.2 Å². The summed E-state index contributed by atoms with van der Waals surface area (Å²) in [5.74, 6) is -0.633. The van der Waals surface area contributed by atoms with Crippen LogP contribution in [0.4, 0.5) is 23.2 Å². The van der Waals surface area contributed by atoms with Gasteiger partial charge in [-0.1, -0.05) is 0 Å². The van der Waals surface area contributed by atoms with Crippen LogP contribution in [0.1, 0.15) is 12.8 Å². The molecule has 2 N–H and O–H groups in total. The van der Waals surface area contributed by atoms with Crippen molar-refractivity contribution in [2.45, 2.75) is 19.0 Å². The van der Waals surface area contributed by atoms with Crippen molar-refractivity contribution < 1.29 is 22.3 Å². The number of nitrogen functional groups attached to an aromatic ring is 1. The molecular formula is C11H11F4NO. The molecule has 0 aromatic heterocycles. The van der Waals surface area contributed by atoms with Gasteiger partial charge >= 0.3 is 6.18 Å². The minimum atomic E-state index is -4.28. The van der Waals surface area contributed by atoms with Gasteiger partial charge in [0, 0.05) is 6.07 Å². The predicted octanol–water partition coefficient (Wildman–Crippen LogP) is 3.13. The van der Waals surface area contributed by atoms with Crippen molar-refractivity contribution in [2.24, 2.45) is 5.41 Å². The second-order valence-corrected chi connectivity index (χ2v) is 4.25. The molecule has 0 heterocycles. The molecule has 0 unspecified atom stereocenters. The van der Waals surface area contributed by atoms with Gasteiger partial charge in [0.2, 0.25) is 0 Å². The van der Waals surface area contributed by atoms with E-state index in [1.807, 2.05) is 0 Å². The first-order valence-corrected chi connectivity index (χ1v) is 5.09. The number of benzene rings is 1. The SMILES string of the molecule is Nc1ccc(F)cc1OCC1(C(F)(F)F)CC1. The first-order valence-electron chi connectivity index (χ1n) is 5.09. The Morgan fingerprint density at radius 2 is 1.94 bits per heavy atom. The van der Waals surface area contributed by atoms with Crippen LogP contribution >= 0.6 is 0 Å². The van der Waals surface area contributed by atoms with E-state index in [4.69, 9.17) is 10.5 Å². The van der Waals surface area contributed by atoms with Crippen molar-refractivity contribution in [3.05, 3.63) is 24.0 Å². The van der Waals surface area contributed by atoms with Gasteiger partial charge < -0.3 is 10.5 Å². The summed E-state index contributed by atoms with van der Waals surface area (Å²) in [6.45, 7) is -0.510. The Labute approximate surface area is 95.4 Å². The molecule has 0 spiro atoms. The molecule has 0 aliphatic heterocycles. The van der Waals surface area contributed by atoms with Gasteiger partial charge in [-0.15, -0.1) is 0 Å². The molecule has 1 aliphatic rings. The van der Waals surface area contributed by atoms with Crippen LogP contribution in [-0.4, -0.2) is 12.8 Å². The molecule has 1 saturated carbocycles. The van der Waals surface area contributed by atoms with Crippen LogP contribution < -0.4 is 10.5 Å². The quantitative estimate of drug-likeness (QED) is 0.659. The van der Waals surface area contributed by atoms with Crippen LogP contribution in [0.5, 0.6) is 5.75 Å². The Bertz CT molecular complexity index is 426. The predicted molar refractivity (Wildman–Crippen MR) is 54.0 cm³/mol. The van der Waals surface area contributed by atoms with E-state index in [1.54, 1.807) is 0 Å². The zero-order valence-corrected chi connectivity index (χ0v) is 8.85. The summed E-state index contributed by atoms with van der Waals surface area (Å²) in [7, 11) is 0. The molecule has 0 radical (unpaired) electrons. The zero-order chi connectivity index (χ0) is 12.7. The third-order valence-corrected chi connectivity index (χ3v) is 2.93. The minimum absolute atomic E-state index is 0.0412. The molecule has 0 amide bonds. The molecule has 1 aromatic carbocycles. The second kappa shape index (κ2) is 3.78. The molecule has 0 saturated heterocycles. The van der Waals surface area contributed by atoms with Crippen LogP contribution in [0.2, 0.25) is 0 Å². The Morgan fingerprint density at radius 3 is 2.47 bits per heavy atom. The lowest BCUT2D eigenvalue weighted by atomic mass is 10.1. The van der Waals surface area contributed by atoms with E-state index in [2.05, 4.69) is 0 Å². The van der Waals surface area contributed by atoms with Gasteiger partial charge in [-0.3, -0.25) is 0 Å². The number of halogens is 4. The maximum absolute atomic E-state index is 12.9. The van der Waals surface area contributed by atoms with E-state index in [0.29, 0.717) is 0 Å². The summed E-state index contributed by atoms with van der Waals surface area (Å²) in [5, 5.41) is 0. The highest BCUT2D eigenvalue weighted by Gasteiger charge is 2.63. The number of hydrogen-bond donors (Lipinski definition) is 1. The van der Waals surface area contributed by atoms with Gasteiger partial charge in [0.25, 0.3) is 0 Å². The van der Waals surface area contributed by atoms with Crippen molar-refractivity contribution in [3.63, 3.8) is 0 Å². The van der Waals surface area contributed by atoms with Crippen LogP contribution in [0, 0.1) is 11.2 Å². The van der Waals surface area contributed by atoms with Crippen molar-refractivity contribution in [2.75, 3.05) is 12.3 Å². The summed E-state index contributed by atoms with van der Waals surface area (Å²) in [6.07, 6.45) is -4.19. The summed E-state index contributed by atoms with van der Waals surface area (Å²) in [6, 6.07) is 3.37. The van der Waals surface area contributed by atoms with Crippen LogP contribution in [0.25, 0.3) is 0 Å². The number of rotatable bonds is 3. The van der Waals surface area contributed by atoms with Gasteiger partial charge in [0.05, 0.1) is 5.69 Å². The monoisotopic (exact) mass is 249 g/mol. The fraction of sp³-hybridized carbons (Fsp3) is 0.455. The zero-order valence-electron chi connectivity index (χ0n) is 8.85. The van der Waals surface area contributed by atoms with E-state index in [9.17, 15) is 17.6 Å². The standard InChI is InChI=1S/C11H11F4NO/c12-7-1-2-8(16)9(5-7)17-6-10(3-4-10)11(13,14)15/h1-2,5H,3-4,6,16H2. The van der Waals surface area contributed by atoms with Crippen LogP contribution in [-0.2, 0) is 0 Å². The number of ether oxygens (including phenoxy) is 1. The van der Waals surface area contributed by atoms with Gasteiger partial charge in [-0.05, 0) is 25.0 Å².